The molecule has 0 aromatic heterocycles. The minimum absolute atomic E-state index is 0.426. The molecule has 0 N–H and O–H groups in total. The number of thioether (sulfide) groups is 1. The summed E-state index contributed by atoms with van der Waals surface area (Å²) in [6.45, 7) is 0. The van der Waals surface area contributed by atoms with Gasteiger partial charge in [0.15, 0.2) is 0 Å². The summed E-state index contributed by atoms with van der Waals surface area (Å²) in [4.78, 5) is 11.1. The lowest BCUT2D eigenvalue weighted by molar-refractivity contribution is -0.119. The molecule has 0 spiro atoms. The van der Waals surface area contributed by atoms with Crippen LogP contribution in [0.1, 0.15) is 32.1 Å². The van der Waals surface area contributed by atoms with Crippen LogP contribution < -0.4 is 0 Å². The highest BCUT2D eigenvalue weighted by Gasteiger charge is 1.99. The van der Waals surface area contributed by atoms with Crippen LogP contribution in [0.5, 0.6) is 0 Å². The first-order chi connectivity index (χ1) is 5.81. The molecule has 0 amide bonds. The predicted molar refractivity (Wildman–Crippen MR) is 60.3 cm³/mol. The fraction of sp³-hybridized carbons (Fsp3) is 0.889. The third kappa shape index (κ3) is 8.60. The molecule has 0 fully saturated rings. The van der Waals surface area contributed by atoms with Crippen molar-refractivity contribution in [3.8, 4) is 0 Å². The van der Waals surface area contributed by atoms with E-state index in [9.17, 15) is 4.79 Å². The van der Waals surface area contributed by atoms with Crippen molar-refractivity contribution in [2.75, 3.05) is 17.3 Å². The Kier molecular flexibility index (Phi) is 9.99. The molecule has 0 rings (SSSR count). The van der Waals surface area contributed by atoms with Crippen LogP contribution in [0, 0.1) is 0 Å². The largest absolute Gasteiger partial charge is 0.300 e. The lowest BCUT2D eigenvalue weighted by Crippen LogP contribution is -1.98. The van der Waals surface area contributed by atoms with Crippen molar-refractivity contribution in [1.29, 1.82) is 0 Å². The topological polar surface area (TPSA) is 17.1 Å². The summed E-state index contributed by atoms with van der Waals surface area (Å²) in [6.07, 6.45) is 6.88. The van der Waals surface area contributed by atoms with Gasteiger partial charge in [0, 0.05) is 18.2 Å². The minimum Gasteiger partial charge on any atom is -0.300 e. The Morgan fingerprint density at radius 3 is 2.50 bits per heavy atom. The van der Waals surface area contributed by atoms with E-state index in [1.165, 1.54) is 12.2 Å². The van der Waals surface area contributed by atoms with Crippen molar-refractivity contribution in [2.45, 2.75) is 32.1 Å². The maximum atomic E-state index is 11.1. The smallest absolute Gasteiger partial charge is 0.132 e. The number of carbonyl (C=O) groups excluding carboxylic acids is 1. The van der Waals surface area contributed by atoms with Gasteiger partial charge in [-0.15, -0.1) is 0 Å². The first kappa shape index (κ1) is 12.5. The summed E-state index contributed by atoms with van der Waals surface area (Å²) in [5.41, 5.74) is 0. The third-order valence-electron chi connectivity index (χ3n) is 1.64. The van der Waals surface area contributed by atoms with E-state index in [2.05, 4.69) is 22.2 Å². The standard InChI is InChI=1S/C9H17BrOS/c1-12-8-3-2-5-9(11)6-4-7-10/h2-8H2,1H3. The molecule has 0 bridgehead atoms. The molecule has 0 saturated carbocycles. The maximum absolute atomic E-state index is 11.1. The van der Waals surface area contributed by atoms with Crippen LogP contribution in [0.2, 0.25) is 0 Å². The number of rotatable bonds is 8. The first-order valence-corrected chi connectivity index (χ1v) is 6.89. The lowest BCUT2D eigenvalue weighted by atomic mass is 10.1. The summed E-state index contributed by atoms with van der Waals surface area (Å²) in [5, 5.41) is 0.948. The Morgan fingerprint density at radius 2 is 1.92 bits per heavy atom. The van der Waals surface area contributed by atoms with Gasteiger partial charge in [0.1, 0.15) is 5.78 Å². The third-order valence-corrected chi connectivity index (χ3v) is 2.90. The zero-order valence-corrected chi connectivity index (χ0v) is 10.0. The van der Waals surface area contributed by atoms with Gasteiger partial charge in [-0.1, -0.05) is 15.9 Å². The zero-order valence-electron chi connectivity index (χ0n) is 7.64. The van der Waals surface area contributed by atoms with Crippen LogP contribution in [-0.4, -0.2) is 23.1 Å². The van der Waals surface area contributed by atoms with Gasteiger partial charge in [-0.2, -0.15) is 11.8 Å². The molecule has 0 heterocycles. The Balaban J connectivity index is 3.08. The first-order valence-electron chi connectivity index (χ1n) is 4.38. The van der Waals surface area contributed by atoms with Crippen molar-refractivity contribution < 1.29 is 4.79 Å². The number of hydrogen-bond acceptors (Lipinski definition) is 2. The van der Waals surface area contributed by atoms with Crippen LogP contribution in [0.3, 0.4) is 0 Å². The molecule has 0 saturated heterocycles. The number of carbonyl (C=O) groups is 1. The van der Waals surface area contributed by atoms with Crippen molar-refractivity contribution in [3.05, 3.63) is 0 Å². The summed E-state index contributed by atoms with van der Waals surface area (Å²) in [5.74, 6) is 1.61. The summed E-state index contributed by atoms with van der Waals surface area (Å²) >= 11 is 5.17. The molecule has 1 nitrogen and oxygen atoms in total. The lowest BCUT2D eigenvalue weighted by Gasteiger charge is -1.98. The van der Waals surface area contributed by atoms with E-state index in [0.29, 0.717) is 5.78 Å². The molecule has 3 heteroatoms. The Hall–Kier alpha value is 0.500. The van der Waals surface area contributed by atoms with Crippen molar-refractivity contribution in [2.24, 2.45) is 0 Å². The van der Waals surface area contributed by atoms with Crippen LogP contribution in [0.15, 0.2) is 0 Å². The number of Topliss-reactive ketones (excluding diaryl/α,β-unsaturated/α-hetero) is 1. The average molecular weight is 253 g/mol. The molecule has 0 unspecified atom stereocenters. The molecule has 0 aliphatic heterocycles. The van der Waals surface area contributed by atoms with Crippen molar-refractivity contribution in [3.63, 3.8) is 0 Å². The van der Waals surface area contributed by atoms with Crippen LogP contribution in [0.25, 0.3) is 0 Å². The number of hydrogen-bond donors (Lipinski definition) is 0. The fourth-order valence-corrected chi connectivity index (χ4v) is 1.73. The van der Waals surface area contributed by atoms with Crippen LogP contribution >= 0.6 is 27.7 Å². The van der Waals surface area contributed by atoms with Crippen LogP contribution in [-0.2, 0) is 4.79 Å². The summed E-state index contributed by atoms with van der Waals surface area (Å²) < 4.78 is 0. The zero-order chi connectivity index (χ0) is 9.23. The monoisotopic (exact) mass is 252 g/mol. The van der Waals surface area contributed by atoms with Gasteiger partial charge in [0.2, 0.25) is 0 Å². The molecule has 0 aromatic carbocycles. The number of halogens is 1. The van der Waals surface area contributed by atoms with Gasteiger partial charge in [-0.25, -0.2) is 0 Å². The summed E-state index contributed by atoms with van der Waals surface area (Å²) in [7, 11) is 0. The molecule has 0 aliphatic rings. The molecule has 0 aliphatic carbocycles. The van der Waals surface area contributed by atoms with Gasteiger partial charge in [-0.3, -0.25) is 4.79 Å². The fourth-order valence-electron chi connectivity index (χ4n) is 0.958. The minimum atomic E-state index is 0.426. The Morgan fingerprint density at radius 1 is 1.25 bits per heavy atom. The van der Waals surface area contributed by atoms with Crippen molar-refractivity contribution in [1.82, 2.24) is 0 Å². The Bertz CT molecular complexity index is 117. The van der Waals surface area contributed by atoms with E-state index in [4.69, 9.17) is 0 Å². The molecule has 0 radical (unpaired) electrons. The van der Waals surface area contributed by atoms with E-state index in [0.717, 1.165) is 31.0 Å². The molecular weight excluding hydrogens is 236 g/mol. The van der Waals surface area contributed by atoms with E-state index < -0.39 is 0 Å². The van der Waals surface area contributed by atoms with E-state index in [-0.39, 0.29) is 0 Å². The SMILES string of the molecule is CSCCCCC(=O)CCCBr. The summed E-state index contributed by atoms with van der Waals surface area (Å²) in [6, 6.07) is 0. The highest BCUT2D eigenvalue weighted by atomic mass is 79.9. The van der Waals surface area contributed by atoms with Gasteiger partial charge in [0.05, 0.1) is 0 Å². The number of ketones is 1. The van der Waals surface area contributed by atoms with Gasteiger partial charge >= 0.3 is 0 Å². The Labute approximate surface area is 87.8 Å². The average Bonchev–Trinajstić information content (AvgIpc) is 2.09. The van der Waals surface area contributed by atoms with E-state index in [1.807, 2.05) is 11.8 Å². The second kappa shape index (κ2) is 9.59. The second-order valence-electron chi connectivity index (χ2n) is 2.78. The number of alkyl halides is 1. The maximum Gasteiger partial charge on any atom is 0.132 e. The van der Waals surface area contributed by atoms with E-state index >= 15 is 0 Å². The molecule has 0 atom stereocenters. The second-order valence-corrected chi connectivity index (χ2v) is 4.56. The number of unbranched alkanes of at least 4 members (excludes halogenated alkanes) is 1. The quantitative estimate of drug-likeness (QED) is 0.488. The molecule has 0 aromatic rings. The molecular formula is C9H17BrOS. The van der Waals surface area contributed by atoms with Gasteiger partial charge in [-0.05, 0) is 31.3 Å². The van der Waals surface area contributed by atoms with Crippen molar-refractivity contribution >= 4 is 33.5 Å². The normalized spacial score (nSPS) is 10.2. The van der Waals surface area contributed by atoms with Gasteiger partial charge in [0.25, 0.3) is 0 Å². The highest BCUT2D eigenvalue weighted by molar-refractivity contribution is 9.09. The van der Waals surface area contributed by atoms with E-state index in [1.54, 1.807) is 0 Å². The highest BCUT2D eigenvalue weighted by Crippen LogP contribution is 2.05. The van der Waals surface area contributed by atoms with Crippen LogP contribution in [0.4, 0.5) is 0 Å². The molecule has 12 heavy (non-hydrogen) atoms. The van der Waals surface area contributed by atoms with Gasteiger partial charge < -0.3 is 0 Å². The molecule has 72 valence electrons. The predicted octanol–water partition coefficient (Wildman–Crippen LogP) is 3.26.